The van der Waals surface area contributed by atoms with Crippen molar-refractivity contribution in [3.05, 3.63) is 35.6 Å². The number of benzene rings is 1. The Hall–Kier alpha value is -1.56. The van der Waals surface area contributed by atoms with Crippen molar-refractivity contribution in [2.75, 3.05) is 6.61 Å². The first-order valence-corrected chi connectivity index (χ1v) is 7.56. The van der Waals surface area contributed by atoms with Gasteiger partial charge in [-0.3, -0.25) is 0 Å². The zero-order valence-electron chi connectivity index (χ0n) is 12.5. The van der Waals surface area contributed by atoms with E-state index in [-0.39, 0.29) is 17.5 Å². The maximum Gasteiger partial charge on any atom is 0.215 e. The summed E-state index contributed by atoms with van der Waals surface area (Å²) in [7, 11) is 0. The number of ether oxygens (including phenoxy) is 1. The third-order valence-electron chi connectivity index (χ3n) is 3.49. The zero-order chi connectivity index (χ0) is 17.7. The van der Waals surface area contributed by atoms with Gasteiger partial charge >= 0.3 is 0 Å². The maximum absolute atomic E-state index is 12.8. The zero-order valence-corrected chi connectivity index (χ0v) is 13.3. The van der Waals surface area contributed by atoms with Crippen LogP contribution in [0.25, 0.3) is 0 Å². The van der Waals surface area contributed by atoms with Crippen LogP contribution in [-0.2, 0) is 11.3 Å². The van der Waals surface area contributed by atoms with Crippen LogP contribution in [0.1, 0.15) is 5.56 Å². The van der Waals surface area contributed by atoms with E-state index in [0.717, 1.165) is 5.56 Å². The van der Waals surface area contributed by atoms with Gasteiger partial charge in [-0.1, -0.05) is 12.1 Å². The first-order valence-electron chi connectivity index (χ1n) is 7.15. The van der Waals surface area contributed by atoms with Crippen LogP contribution in [0.4, 0.5) is 4.39 Å². The average Bonchev–Trinajstić information content (AvgIpc) is 2.57. The molecule has 24 heavy (non-hydrogen) atoms. The first kappa shape index (κ1) is 18.8. The van der Waals surface area contributed by atoms with E-state index in [1.54, 1.807) is 12.1 Å². The molecular weight excluding hydrogens is 341 g/mol. The van der Waals surface area contributed by atoms with Gasteiger partial charge in [0.25, 0.3) is 0 Å². The third kappa shape index (κ3) is 4.72. The summed E-state index contributed by atoms with van der Waals surface area (Å²) in [6.45, 7) is -0.362. The highest BCUT2D eigenvalue weighted by molar-refractivity contribution is 7.80. The minimum absolute atomic E-state index is 0.110. The van der Waals surface area contributed by atoms with Crippen LogP contribution < -0.4 is 5.32 Å². The molecule has 0 aliphatic carbocycles. The normalized spacial score (nSPS) is 30.5. The van der Waals surface area contributed by atoms with Crippen molar-refractivity contribution in [1.82, 2.24) is 5.32 Å². The lowest BCUT2D eigenvalue weighted by atomic mass is 9.98. The molecular formula is C14H18FN3O5S. The minimum atomic E-state index is -1.51. The second-order valence-corrected chi connectivity index (χ2v) is 5.61. The summed E-state index contributed by atoms with van der Waals surface area (Å²) in [5.74, 6) is -0.351. The monoisotopic (exact) mass is 359 g/mol. The van der Waals surface area contributed by atoms with Gasteiger partial charge in [0, 0.05) is 0 Å². The van der Waals surface area contributed by atoms with Crippen molar-refractivity contribution >= 4 is 17.3 Å². The Bertz CT molecular complexity index is 586. The number of aliphatic hydroxyl groups is 4. The van der Waals surface area contributed by atoms with Crippen LogP contribution in [-0.4, -0.2) is 62.8 Å². The Morgan fingerprint density at radius 1 is 1.17 bits per heavy atom. The molecule has 0 spiro atoms. The first-order chi connectivity index (χ1) is 11.4. The molecule has 132 valence electrons. The van der Waals surface area contributed by atoms with E-state index in [4.69, 9.17) is 22.1 Å². The molecule has 5 atom stereocenters. The van der Waals surface area contributed by atoms with Crippen LogP contribution >= 0.6 is 12.2 Å². The fourth-order valence-corrected chi connectivity index (χ4v) is 2.32. The van der Waals surface area contributed by atoms with Crippen molar-refractivity contribution < 1.29 is 29.6 Å². The predicted molar refractivity (Wildman–Crippen MR) is 84.5 cm³/mol. The molecule has 1 aliphatic heterocycles. The highest BCUT2D eigenvalue weighted by atomic mass is 32.1. The van der Waals surface area contributed by atoms with Crippen molar-refractivity contribution in [3.63, 3.8) is 0 Å². The molecule has 0 saturated carbocycles. The van der Waals surface area contributed by atoms with Crippen molar-refractivity contribution in [2.24, 2.45) is 10.2 Å². The molecule has 5 N–H and O–H groups in total. The van der Waals surface area contributed by atoms with Gasteiger partial charge in [-0.05, 0) is 29.9 Å². The van der Waals surface area contributed by atoms with E-state index in [0.29, 0.717) is 0 Å². The molecule has 10 heteroatoms. The topological polar surface area (TPSA) is 127 Å². The minimum Gasteiger partial charge on any atom is -0.394 e. The standard InChI is InChI=1S/C14H18FN3O5S/c15-8-3-1-7(2-4-8)5-16-18-14(24)17-13-12(22)11(21)10(20)9(6-19)23-13/h1-4,9-13,19-22H,5-6H2,(H,17,24)/t9-,10-,11+,12-,13-/m1/s1. The number of azo groups is 1. The fourth-order valence-electron chi connectivity index (χ4n) is 2.14. The van der Waals surface area contributed by atoms with Crippen LogP contribution in [0.5, 0.6) is 0 Å². The van der Waals surface area contributed by atoms with E-state index in [1.165, 1.54) is 12.1 Å². The van der Waals surface area contributed by atoms with E-state index in [9.17, 15) is 19.7 Å². The summed E-state index contributed by atoms with van der Waals surface area (Å²) in [6.07, 6.45) is -6.62. The lowest BCUT2D eigenvalue weighted by Crippen LogP contribution is -2.62. The Morgan fingerprint density at radius 3 is 2.46 bits per heavy atom. The summed E-state index contributed by atoms with van der Waals surface area (Å²) in [6, 6.07) is 5.72. The van der Waals surface area contributed by atoms with E-state index in [1.807, 2.05) is 0 Å². The molecule has 0 amide bonds. The summed E-state index contributed by atoms with van der Waals surface area (Å²) >= 11 is 4.94. The summed E-state index contributed by atoms with van der Waals surface area (Å²) in [4.78, 5) is 0. The van der Waals surface area contributed by atoms with Gasteiger partial charge in [0.1, 0.15) is 30.2 Å². The SMILES string of the molecule is OC[C@H]1O[C@@H](NC(=S)N=NCc2ccc(F)cc2)[C@H](O)[C@@H](O)[C@@H]1O. The fraction of sp³-hybridized carbons (Fsp3) is 0.500. The van der Waals surface area contributed by atoms with Crippen LogP contribution in [0, 0.1) is 5.82 Å². The lowest BCUT2D eigenvalue weighted by molar-refractivity contribution is -0.232. The average molecular weight is 359 g/mol. The van der Waals surface area contributed by atoms with Gasteiger partial charge in [0.2, 0.25) is 5.11 Å². The molecule has 0 aromatic heterocycles. The number of thiocarbonyl (C=S) groups is 1. The van der Waals surface area contributed by atoms with Gasteiger partial charge in [-0.2, -0.15) is 5.11 Å². The Balaban J connectivity index is 1.88. The number of hydrogen-bond acceptors (Lipinski definition) is 7. The summed E-state index contributed by atoms with van der Waals surface area (Å²) in [5, 5.41) is 48.3. The molecule has 0 radical (unpaired) electrons. The molecule has 1 heterocycles. The number of nitrogens with zero attached hydrogens (tertiary/aromatic N) is 2. The Kier molecular flexibility index (Phi) is 6.66. The van der Waals surface area contributed by atoms with Crippen LogP contribution in [0.2, 0.25) is 0 Å². The number of hydrogen-bond donors (Lipinski definition) is 5. The second-order valence-electron chi connectivity index (χ2n) is 5.22. The van der Waals surface area contributed by atoms with Crippen LogP contribution in [0.15, 0.2) is 34.5 Å². The number of halogens is 1. The largest absolute Gasteiger partial charge is 0.394 e. The van der Waals surface area contributed by atoms with Gasteiger partial charge in [0.15, 0.2) is 6.23 Å². The molecule has 1 aromatic carbocycles. The lowest BCUT2D eigenvalue weighted by Gasteiger charge is -2.40. The van der Waals surface area contributed by atoms with E-state index < -0.39 is 37.3 Å². The van der Waals surface area contributed by atoms with Gasteiger partial charge < -0.3 is 30.5 Å². The van der Waals surface area contributed by atoms with E-state index >= 15 is 0 Å². The van der Waals surface area contributed by atoms with Gasteiger partial charge in [0.05, 0.1) is 13.2 Å². The Morgan fingerprint density at radius 2 is 1.83 bits per heavy atom. The highest BCUT2D eigenvalue weighted by Gasteiger charge is 2.43. The number of rotatable bonds is 4. The summed E-state index contributed by atoms with van der Waals surface area (Å²) in [5.41, 5.74) is 0.732. The molecule has 1 fully saturated rings. The molecule has 2 rings (SSSR count). The van der Waals surface area contributed by atoms with E-state index in [2.05, 4.69) is 15.5 Å². The van der Waals surface area contributed by atoms with Crippen molar-refractivity contribution in [3.8, 4) is 0 Å². The second kappa shape index (κ2) is 8.51. The van der Waals surface area contributed by atoms with Gasteiger partial charge in [-0.15, -0.1) is 5.11 Å². The number of aliphatic hydroxyl groups excluding tert-OH is 4. The molecule has 0 bridgehead atoms. The quantitative estimate of drug-likeness (QED) is 0.361. The smallest absolute Gasteiger partial charge is 0.215 e. The van der Waals surface area contributed by atoms with Crippen LogP contribution in [0.3, 0.4) is 0 Å². The third-order valence-corrected chi connectivity index (χ3v) is 3.69. The molecule has 1 aromatic rings. The summed E-state index contributed by atoms with van der Waals surface area (Å²) < 4.78 is 18.0. The predicted octanol–water partition coefficient (Wildman–Crippen LogP) is -0.548. The molecule has 0 unspecified atom stereocenters. The number of nitrogens with one attached hydrogen (secondary N) is 1. The highest BCUT2D eigenvalue weighted by Crippen LogP contribution is 2.19. The molecule has 1 aliphatic rings. The maximum atomic E-state index is 12.8. The molecule has 8 nitrogen and oxygen atoms in total. The Labute approximate surface area is 142 Å². The van der Waals surface area contributed by atoms with Gasteiger partial charge in [-0.25, -0.2) is 4.39 Å². The van der Waals surface area contributed by atoms with Crippen molar-refractivity contribution in [1.29, 1.82) is 0 Å². The van der Waals surface area contributed by atoms with Crippen molar-refractivity contribution in [2.45, 2.75) is 37.2 Å². The molecule has 1 saturated heterocycles.